The number of hydrogen-bond acceptors (Lipinski definition) is 4. The van der Waals surface area contributed by atoms with Crippen LogP contribution < -0.4 is 10.1 Å². The summed E-state index contributed by atoms with van der Waals surface area (Å²) in [6.07, 6.45) is 3.00. The molecule has 0 unspecified atom stereocenters. The van der Waals surface area contributed by atoms with E-state index in [-0.39, 0.29) is 5.91 Å². The van der Waals surface area contributed by atoms with Gasteiger partial charge in [0.15, 0.2) is 0 Å². The predicted octanol–water partition coefficient (Wildman–Crippen LogP) is 3.96. The van der Waals surface area contributed by atoms with Gasteiger partial charge in [0, 0.05) is 36.7 Å². The van der Waals surface area contributed by atoms with E-state index < -0.39 is 0 Å². The Hall–Kier alpha value is -1.98. The Labute approximate surface area is 166 Å². The van der Waals surface area contributed by atoms with Crippen molar-refractivity contribution in [2.45, 2.75) is 36.8 Å². The fourth-order valence-corrected chi connectivity index (χ4v) is 3.92. The van der Waals surface area contributed by atoms with Crippen LogP contribution in [0.25, 0.3) is 0 Å². The van der Waals surface area contributed by atoms with Gasteiger partial charge in [-0.05, 0) is 49.7 Å². The first-order valence-corrected chi connectivity index (χ1v) is 10.6. The number of carbonyl (C=O) groups is 1. The lowest BCUT2D eigenvalue weighted by Crippen LogP contribution is -2.35. The molecule has 144 valence electrons. The minimum absolute atomic E-state index is 0.0880. The van der Waals surface area contributed by atoms with Gasteiger partial charge in [-0.3, -0.25) is 4.79 Å². The molecule has 1 aliphatic rings. The number of benzene rings is 2. The van der Waals surface area contributed by atoms with Crippen molar-refractivity contribution in [3.63, 3.8) is 0 Å². The molecule has 3 rings (SSSR count). The number of thioether (sulfide) groups is 1. The Morgan fingerprint density at radius 3 is 2.52 bits per heavy atom. The Morgan fingerprint density at radius 1 is 1.11 bits per heavy atom. The van der Waals surface area contributed by atoms with Gasteiger partial charge in [-0.25, -0.2) is 0 Å². The highest BCUT2D eigenvalue weighted by Crippen LogP contribution is 2.19. The maximum Gasteiger partial charge on any atom is 0.221 e. The summed E-state index contributed by atoms with van der Waals surface area (Å²) >= 11 is 1.71. The Kier molecular flexibility index (Phi) is 7.60. The summed E-state index contributed by atoms with van der Waals surface area (Å²) in [7, 11) is 2.15. The molecule has 2 aromatic carbocycles. The van der Waals surface area contributed by atoms with E-state index >= 15 is 0 Å². The topological polar surface area (TPSA) is 41.6 Å². The van der Waals surface area contributed by atoms with Gasteiger partial charge in [0.2, 0.25) is 5.91 Å². The van der Waals surface area contributed by atoms with Gasteiger partial charge in [0.05, 0.1) is 0 Å². The largest absolute Gasteiger partial charge is 0.490 e. The molecule has 27 heavy (non-hydrogen) atoms. The summed E-state index contributed by atoms with van der Waals surface area (Å²) in [5.41, 5.74) is 1.09. The fraction of sp³-hybridized carbons (Fsp3) is 0.409. The van der Waals surface area contributed by atoms with E-state index in [1.54, 1.807) is 11.8 Å². The van der Waals surface area contributed by atoms with Crippen LogP contribution in [0.15, 0.2) is 59.5 Å². The summed E-state index contributed by atoms with van der Waals surface area (Å²) in [4.78, 5) is 15.5. The quantitative estimate of drug-likeness (QED) is 0.700. The Balaban J connectivity index is 1.35. The van der Waals surface area contributed by atoms with Crippen molar-refractivity contribution in [3.05, 3.63) is 60.2 Å². The summed E-state index contributed by atoms with van der Waals surface area (Å²) in [6, 6.07) is 18.2. The number of rotatable bonds is 8. The van der Waals surface area contributed by atoms with Crippen LogP contribution in [-0.2, 0) is 11.3 Å². The second-order valence-electron chi connectivity index (χ2n) is 6.95. The lowest BCUT2D eigenvalue weighted by Gasteiger charge is -2.29. The number of carbonyl (C=O) groups excluding carboxylic acids is 1. The summed E-state index contributed by atoms with van der Waals surface area (Å²) in [5, 5.41) is 2.99. The lowest BCUT2D eigenvalue weighted by atomic mass is 10.1. The highest BCUT2D eigenvalue weighted by Gasteiger charge is 2.17. The van der Waals surface area contributed by atoms with Gasteiger partial charge in [0.25, 0.3) is 0 Å². The number of hydrogen-bond donors (Lipinski definition) is 1. The monoisotopic (exact) mass is 384 g/mol. The van der Waals surface area contributed by atoms with Crippen LogP contribution in [-0.4, -0.2) is 42.8 Å². The average Bonchev–Trinajstić information content (AvgIpc) is 2.70. The molecule has 0 saturated carbocycles. The number of nitrogens with zero attached hydrogens (tertiary/aromatic N) is 1. The molecule has 0 bridgehead atoms. The van der Waals surface area contributed by atoms with Crippen molar-refractivity contribution in [2.24, 2.45) is 0 Å². The van der Waals surface area contributed by atoms with Gasteiger partial charge in [-0.15, -0.1) is 11.8 Å². The van der Waals surface area contributed by atoms with E-state index in [9.17, 15) is 4.79 Å². The number of nitrogens with one attached hydrogen (secondary N) is 1. The first-order chi connectivity index (χ1) is 13.2. The van der Waals surface area contributed by atoms with Gasteiger partial charge in [0.1, 0.15) is 11.9 Å². The molecule has 4 nitrogen and oxygen atoms in total. The highest BCUT2D eigenvalue weighted by atomic mass is 32.2. The smallest absolute Gasteiger partial charge is 0.221 e. The molecular formula is C22H28N2O2S. The van der Waals surface area contributed by atoms with Crippen LogP contribution in [0.2, 0.25) is 0 Å². The molecule has 1 aliphatic heterocycles. The van der Waals surface area contributed by atoms with Crippen molar-refractivity contribution in [1.82, 2.24) is 10.2 Å². The fourth-order valence-electron chi connectivity index (χ4n) is 3.05. The molecule has 0 radical (unpaired) electrons. The normalized spacial score (nSPS) is 15.4. The zero-order chi connectivity index (χ0) is 18.9. The van der Waals surface area contributed by atoms with Crippen molar-refractivity contribution < 1.29 is 9.53 Å². The van der Waals surface area contributed by atoms with E-state index in [2.05, 4.69) is 29.4 Å². The van der Waals surface area contributed by atoms with E-state index in [1.165, 1.54) is 4.90 Å². The first-order valence-electron chi connectivity index (χ1n) is 9.58. The van der Waals surface area contributed by atoms with Crippen molar-refractivity contribution in [1.29, 1.82) is 0 Å². The van der Waals surface area contributed by atoms with Crippen LogP contribution in [0.5, 0.6) is 5.75 Å². The molecule has 0 atom stereocenters. The molecule has 1 saturated heterocycles. The summed E-state index contributed by atoms with van der Waals surface area (Å²) in [6.45, 7) is 2.75. The first kappa shape index (κ1) is 19.8. The summed E-state index contributed by atoms with van der Waals surface area (Å²) in [5.74, 6) is 1.79. The standard InChI is InChI=1S/C22H28N2O2S/c1-24-14-11-20(12-15-24)26-19-9-7-18(8-10-19)17-23-22(25)13-16-27-21-5-3-2-4-6-21/h2-10,20H,11-17H2,1H3,(H,23,25). The molecule has 1 fully saturated rings. The maximum absolute atomic E-state index is 12.0. The number of piperidine rings is 1. The third-order valence-electron chi connectivity index (χ3n) is 4.72. The SMILES string of the molecule is CN1CCC(Oc2ccc(CNC(=O)CCSc3ccccc3)cc2)CC1. The molecule has 1 N–H and O–H groups in total. The third-order valence-corrected chi connectivity index (χ3v) is 5.74. The minimum atomic E-state index is 0.0880. The average molecular weight is 385 g/mol. The number of ether oxygens (including phenoxy) is 1. The van der Waals surface area contributed by atoms with E-state index in [0.29, 0.717) is 19.1 Å². The van der Waals surface area contributed by atoms with Gasteiger partial charge in [-0.2, -0.15) is 0 Å². The van der Waals surface area contributed by atoms with Gasteiger partial charge < -0.3 is 15.0 Å². The zero-order valence-corrected chi connectivity index (χ0v) is 16.7. The second kappa shape index (κ2) is 10.4. The minimum Gasteiger partial charge on any atom is -0.490 e. The molecule has 1 amide bonds. The highest BCUT2D eigenvalue weighted by molar-refractivity contribution is 7.99. The molecule has 5 heteroatoms. The van der Waals surface area contributed by atoms with Crippen molar-refractivity contribution in [3.8, 4) is 5.75 Å². The third kappa shape index (κ3) is 6.92. The molecule has 2 aromatic rings. The second-order valence-corrected chi connectivity index (χ2v) is 8.12. The Morgan fingerprint density at radius 2 is 1.81 bits per heavy atom. The molecule has 0 spiro atoms. The van der Waals surface area contributed by atoms with Crippen LogP contribution in [0, 0.1) is 0 Å². The number of amides is 1. The lowest BCUT2D eigenvalue weighted by molar-refractivity contribution is -0.120. The van der Waals surface area contributed by atoms with Crippen LogP contribution in [0.4, 0.5) is 0 Å². The molecular weight excluding hydrogens is 356 g/mol. The predicted molar refractivity (Wildman–Crippen MR) is 111 cm³/mol. The van der Waals surface area contributed by atoms with Crippen molar-refractivity contribution in [2.75, 3.05) is 25.9 Å². The maximum atomic E-state index is 12.0. The van der Waals surface area contributed by atoms with Crippen LogP contribution >= 0.6 is 11.8 Å². The van der Waals surface area contributed by atoms with Crippen molar-refractivity contribution >= 4 is 17.7 Å². The van der Waals surface area contributed by atoms with Crippen LogP contribution in [0.1, 0.15) is 24.8 Å². The van der Waals surface area contributed by atoms with E-state index in [0.717, 1.165) is 43.0 Å². The molecule has 0 aromatic heterocycles. The van der Waals surface area contributed by atoms with E-state index in [4.69, 9.17) is 4.74 Å². The van der Waals surface area contributed by atoms with Gasteiger partial charge >= 0.3 is 0 Å². The van der Waals surface area contributed by atoms with Gasteiger partial charge in [-0.1, -0.05) is 30.3 Å². The number of likely N-dealkylation sites (tertiary alicyclic amines) is 1. The zero-order valence-electron chi connectivity index (χ0n) is 15.9. The Bertz CT molecular complexity index is 698. The summed E-state index contributed by atoms with van der Waals surface area (Å²) < 4.78 is 6.06. The molecule has 1 heterocycles. The molecule has 0 aliphatic carbocycles. The van der Waals surface area contributed by atoms with Crippen LogP contribution in [0.3, 0.4) is 0 Å². The van der Waals surface area contributed by atoms with E-state index in [1.807, 2.05) is 42.5 Å².